The molecule has 5 heteroatoms. The summed E-state index contributed by atoms with van der Waals surface area (Å²) in [6.07, 6.45) is 3.40. The summed E-state index contributed by atoms with van der Waals surface area (Å²) in [6.45, 7) is 9.25. The summed E-state index contributed by atoms with van der Waals surface area (Å²) in [5.74, 6) is 0.710. The van der Waals surface area contributed by atoms with Crippen LogP contribution in [0.25, 0.3) is 0 Å². The maximum absolute atomic E-state index is 3.44. The summed E-state index contributed by atoms with van der Waals surface area (Å²) in [5.41, 5.74) is 1.46. The molecule has 0 radical (unpaired) electrons. The van der Waals surface area contributed by atoms with E-state index in [4.69, 9.17) is 0 Å². The third kappa shape index (κ3) is 4.38. The standard InChI is InChI=1S/C14H25N3.2ClH/c1-4-12(2)14(13-6-5-9-16(13)3)17-10-7-15-8-11-17;;/h5-6,9,12,14-15H,4,7-8,10-11H2,1-3H3;2*1H/t12?,14-;;/m0../s1. The number of aromatic nitrogens is 1. The first kappa shape index (κ1) is 18.8. The van der Waals surface area contributed by atoms with Crippen molar-refractivity contribution in [3.8, 4) is 0 Å². The molecule has 1 aromatic heterocycles. The van der Waals surface area contributed by atoms with Crippen molar-refractivity contribution in [1.82, 2.24) is 14.8 Å². The molecule has 2 atom stereocenters. The van der Waals surface area contributed by atoms with Crippen LogP contribution in [0, 0.1) is 5.92 Å². The fourth-order valence-corrected chi connectivity index (χ4v) is 2.80. The number of hydrogen-bond acceptors (Lipinski definition) is 2. The summed E-state index contributed by atoms with van der Waals surface area (Å²) < 4.78 is 2.28. The van der Waals surface area contributed by atoms with E-state index >= 15 is 0 Å². The monoisotopic (exact) mass is 307 g/mol. The van der Waals surface area contributed by atoms with Crippen LogP contribution in [-0.4, -0.2) is 35.6 Å². The molecule has 1 aliphatic heterocycles. The van der Waals surface area contributed by atoms with Gasteiger partial charge in [0, 0.05) is 45.1 Å². The molecule has 1 aromatic rings. The third-order valence-electron chi connectivity index (χ3n) is 4.01. The van der Waals surface area contributed by atoms with Crippen molar-refractivity contribution in [2.45, 2.75) is 26.3 Å². The van der Waals surface area contributed by atoms with Gasteiger partial charge in [0.2, 0.25) is 0 Å². The number of nitrogens with zero attached hydrogens (tertiary/aromatic N) is 2. The van der Waals surface area contributed by atoms with Gasteiger partial charge in [0.15, 0.2) is 0 Å². The molecule has 1 fully saturated rings. The number of rotatable bonds is 4. The minimum absolute atomic E-state index is 0. The predicted octanol–water partition coefficient (Wildman–Crippen LogP) is 2.86. The predicted molar refractivity (Wildman–Crippen MR) is 86.5 cm³/mol. The molecule has 2 rings (SSSR count). The van der Waals surface area contributed by atoms with Crippen molar-refractivity contribution in [2.75, 3.05) is 26.2 Å². The number of piperazine rings is 1. The Bertz CT molecular complexity index is 348. The van der Waals surface area contributed by atoms with Crippen LogP contribution in [0.3, 0.4) is 0 Å². The molecule has 0 bridgehead atoms. The number of hydrogen-bond donors (Lipinski definition) is 1. The molecule has 1 saturated heterocycles. The summed E-state index contributed by atoms with van der Waals surface area (Å²) in [4.78, 5) is 2.64. The Morgan fingerprint density at radius 1 is 1.26 bits per heavy atom. The smallest absolute Gasteiger partial charge is 0.0526 e. The largest absolute Gasteiger partial charge is 0.353 e. The lowest BCUT2D eigenvalue weighted by atomic mass is 9.94. The van der Waals surface area contributed by atoms with E-state index in [1.165, 1.54) is 25.2 Å². The first-order valence-electron chi connectivity index (χ1n) is 6.80. The average Bonchev–Trinajstić information content (AvgIpc) is 2.77. The Kier molecular flexibility index (Phi) is 8.75. The lowest BCUT2D eigenvalue weighted by Gasteiger charge is -2.38. The molecule has 0 aliphatic carbocycles. The topological polar surface area (TPSA) is 20.2 Å². The summed E-state index contributed by atoms with van der Waals surface area (Å²) in [5, 5.41) is 3.44. The maximum atomic E-state index is 3.44. The Morgan fingerprint density at radius 3 is 2.37 bits per heavy atom. The Morgan fingerprint density at radius 2 is 1.89 bits per heavy atom. The maximum Gasteiger partial charge on any atom is 0.0526 e. The van der Waals surface area contributed by atoms with Gasteiger partial charge in [0.05, 0.1) is 6.04 Å². The van der Waals surface area contributed by atoms with E-state index in [2.05, 4.69) is 54.0 Å². The van der Waals surface area contributed by atoms with Gasteiger partial charge in [-0.25, -0.2) is 0 Å². The van der Waals surface area contributed by atoms with Crippen LogP contribution in [0.1, 0.15) is 32.0 Å². The van der Waals surface area contributed by atoms with Crippen LogP contribution >= 0.6 is 24.8 Å². The Balaban J connectivity index is 0.00000162. The van der Waals surface area contributed by atoms with E-state index in [0.29, 0.717) is 12.0 Å². The van der Waals surface area contributed by atoms with Crippen LogP contribution in [-0.2, 0) is 7.05 Å². The van der Waals surface area contributed by atoms with E-state index in [1.807, 2.05) is 0 Å². The second kappa shape index (κ2) is 8.85. The highest BCUT2D eigenvalue weighted by Gasteiger charge is 2.27. The highest BCUT2D eigenvalue weighted by Crippen LogP contribution is 2.30. The molecule has 3 nitrogen and oxygen atoms in total. The number of halogens is 2. The van der Waals surface area contributed by atoms with Gasteiger partial charge in [-0.05, 0) is 18.1 Å². The molecule has 0 aromatic carbocycles. The zero-order chi connectivity index (χ0) is 12.3. The van der Waals surface area contributed by atoms with Crippen molar-refractivity contribution >= 4 is 24.8 Å². The van der Waals surface area contributed by atoms with E-state index in [-0.39, 0.29) is 24.8 Å². The fraction of sp³-hybridized carbons (Fsp3) is 0.714. The summed E-state index contributed by atoms with van der Waals surface area (Å²) in [6, 6.07) is 5.01. The molecule has 112 valence electrons. The number of nitrogens with one attached hydrogen (secondary N) is 1. The summed E-state index contributed by atoms with van der Waals surface area (Å²) in [7, 11) is 2.16. The van der Waals surface area contributed by atoms with Gasteiger partial charge >= 0.3 is 0 Å². The van der Waals surface area contributed by atoms with Gasteiger partial charge in [-0.2, -0.15) is 0 Å². The van der Waals surface area contributed by atoms with Crippen molar-refractivity contribution in [3.63, 3.8) is 0 Å². The average molecular weight is 308 g/mol. The van der Waals surface area contributed by atoms with Gasteiger partial charge in [-0.1, -0.05) is 20.3 Å². The van der Waals surface area contributed by atoms with E-state index < -0.39 is 0 Å². The highest BCUT2D eigenvalue weighted by atomic mass is 35.5. The molecular weight excluding hydrogens is 281 g/mol. The fourth-order valence-electron chi connectivity index (χ4n) is 2.80. The van der Waals surface area contributed by atoms with Crippen LogP contribution in [0.2, 0.25) is 0 Å². The minimum Gasteiger partial charge on any atom is -0.353 e. The molecule has 0 spiro atoms. The zero-order valence-electron chi connectivity index (χ0n) is 12.1. The van der Waals surface area contributed by atoms with Gasteiger partial charge in [-0.3, -0.25) is 4.90 Å². The molecule has 1 aliphatic rings. The Hall–Kier alpha value is -0.220. The van der Waals surface area contributed by atoms with Crippen LogP contribution in [0.4, 0.5) is 0 Å². The quantitative estimate of drug-likeness (QED) is 0.923. The lowest BCUT2D eigenvalue weighted by Crippen LogP contribution is -2.47. The van der Waals surface area contributed by atoms with Crippen molar-refractivity contribution in [2.24, 2.45) is 13.0 Å². The normalized spacial score (nSPS) is 19.1. The second-order valence-electron chi connectivity index (χ2n) is 5.16. The van der Waals surface area contributed by atoms with Crippen molar-refractivity contribution in [1.29, 1.82) is 0 Å². The molecular formula is C14H27Cl2N3. The minimum atomic E-state index is 0. The van der Waals surface area contributed by atoms with Gasteiger partial charge in [-0.15, -0.1) is 24.8 Å². The van der Waals surface area contributed by atoms with E-state index in [9.17, 15) is 0 Å². The summed E-state index contributed by atoms with van der Waals surface area (Å²) >= 11 is 0. The van der Waals surface area contributed by atoms with Crippen LogP contribution in [0.15, 0.2) is 18.3 Å². The third-order valence-corrected chi connectivity index (χ3v) is 4.01. The van der Waals surface area contributed by atoms with Gasteiger partial charge in [0.25, 0.3) is 0 Å². The first-order chi connectivity index (χ1) is 8.24. The van der Waals surface area contributed by atoms with E-state index in [1.54, 1.807) is 0 Å². The molecule has 1 unspecified atom stereocenters. The molecule has 0 saturated carbocycles. The van der Waals surface area contributed by atoms with E-state index in [0.717, 1.165) is 13.1 Å². The molecule has 1 N–H and O–H groups in total. The van der Waals surface area contributed by atoms with Crippen LogP contribution < -0.4 is 5.32 Å². The van der Waals surface area contributed by atoms with Gasteiger partial charge < -0.3 is 9.88 Å². The van der Waals surface area contributed by atoms with Crippen molar-refractivity contribution < 1.29 is 0 Å². The zero-order valence-corrected chi connectivity index (χ0v) is 13.8. The molecule has 2 heterocycles. The highest BCUT2D eigenvalue weighted by molar-refractivity contribution is 5.85. The number of aryl methyl sites for hydroxylation is 1. The first-order valence-corrected chi connectivity index (χ1v) is 6.80. The second-order valence-corrected chi connectivity index (χ2v) is 5.16. The van der Waals surface area contributed by atoms with Gasteiger partial charge in [0.1, 0.15) is 0 Å². The van der Waals surface area contributed by atoms with Crippen molar-refractivity contribution in [3.05, 3.63) is 24.0 Å². The lowest BCUT2D eigenvalue weighted by molar-refractivity contribution is 0.123. The molecule has 19 heavy (non-hydrogen) atoms. The molecule has 0 amide bonds. The van der Waals surface area contributed by atoms with Crippen LogP contribution in [0.5, 0.6) is 0 Å². The Labute approximate surface area is 129 Å². The SMILES string of the molecule is CCC(C)[C@@H](c1cccn1C)N1CCNCC1.Cl.Cl.